The van der Waals surface area contributed by atoms with Crippen molar-refractivity contribution in [1.82, 2.24) is 5.32 Å². The molecule has 1 unspecified atom stereocenters. The van der Waals surface area contributed by atoms with Crippen molar-refractivity contribution >= 4 is 5.69 Å². The lowest BCUT2D eigenvalue weighted by molar-refractivity contribution is -0.137. The number of anilines is 1. The van der Waals surface area contributed by atoms with Gasteiger partial charge in [0.2, 0.25) is 0 Å². The second-order valence-electron chi connectivity index (χ2n) is 5.39. The molecule has 1 saturated heterocycles. The Kier molecular flexibility index (Phi) is 3.17. The molecule has 1 saturated carbocycles. The van der Waals surface area contributed by atoms with E-state index >= 15 is 0 Å². The molecular weight excluding hydrogens is 253 g/mol. The smallest absolute Gasteiger partial charge is 0.369 e. The SMILES string of the molecule is FC(F)(F)c1cccc(N2CCNC(C3CC3)C2)c1. The Morgan fingerprint density at radius 2 is 2.00 bits per heavy atom. The molecule has 2 fully saturated rings. The lowest BCUT2D eigenvalue weighted by Crippen LogP contribution is -2.51. The molecule has 0 amide bonds. The summed E-state index contributed by atoms with van der Waals surface area (Å²) in [4.78, 5) is 2.06. The minimum Gasteiger partial charge on any atom is -0.369 e. The van der Waals surface area contributed by atoms with Gasteiger partial charge in [-0.15, -0.1) is 0 Å². The largest absolute Gasteiger partial charge is 0.416 e. The highest BCUT2D eigenvalue weighted by atomic mass is 19.4. The van der Waals surface area contributed by atoms with Gasteiger partial charge in [0.25, 0.3) is 0 Å². The van der Waals surface area contributed by atoms with Crippen molar-refractivity contribution in [2.24, 2.45) is 5.92 Å². The average Bonchev–Trinajstić information content (AvgIpc) is 3.22. The highest BCUT2D eigenvalue weighted by molar-refractivity contribution is 5.50. The molecule has 1 aliphatic heterocycles. The summed E-state index contributed by atoms with van der Waals surface area (Å²) in [5.74, 6) is 0.716. The number of piperazine rings is 1. The van der Waals surface area contributed by atoms with Crippen molar-refractivity contribution in [2.45, 2.75) is 25.1 Å². The van der Waals surface area contributed by atoms with Gasteiger partial charge in [0.1, 0.15) is 0 Å². The fourth-order valence-electron chi connectivity index (χ4n) is 2.71. The van der Waals surface area contributed by atoms with Crippen LogP contribution in [-0.2, 0) is 6.18 Å². The second-order valence-corrected chi connectivity index (χ2v) is 5.39. The van der Waals surface area contributed by atoms with Crippen molar-refractivity contribution < 1.29 is 13.2 Å². The minimum atomic E-state index is -4.26. The summed E-state index contributed by atoms with van der Waals surface area (Å²) < 4.78 is 38.2. The van der Waals surface area contributed by atoms with Gasteiger partial charge in [-0.25, -0.2) is 0 Å². The van der Waals surface area contributed by atoms with E-state index in [0.717, 1.165) is 25.7 Å². The molecule has 2 aliphatic rings. The van der Waals surface area contributed by atoms with Gasteiger partial charge < -0.3 is 10.2 Å². The molecule has 0 spiro atoms. The Hall–Kier alpha value is -1.23. The predicted octanol–water partition coefficient (Wildman–Crippen LogP) is 2.89. The summed E-state index contributed by atoms with van der Waals surface area (Å²) in [5, 5.41) is 3.46. The Labute approximate surface area is 110 Å². The summed E-state index contributed by atoms with van der Waals surface area (Å²) in [6.07, 6.45) is -1.78. The van der Waals surface area contributed by atoms with Crippen LogP contribution in [0.1, 0.15) is 18.4 Å². The van der Waals surface area contributed by atoms with E-state index in [-0.39, 0.29) is 0 Å². The highest BCUT2D eigenvalue weighted by Gasteiger charge is 2.35. The topological polar surface area (TPSA) is 15.3 Å². The zero-order chi connectivity index (χ0) is 13.5. The van der Waals surface area contributed by atoms with E-state index < -0.39 is 11.7 Å². The number of hydrogen-bond donors (Lipinski definition) is 1. The van der Waals surface area contributed by atoms with Crippen molar-refractivity contribution in [3.8, 4) is 0 Å². The molecular formula is C14H17F3N2. The highest BCUT2D eigenvalue weighted by Crippen LogP contribution is 2.35. The fraction of sp³-hybridized carbons (Fsp3) is 0.571. The monoisotopic (exact) mass is 270 g/mol. The summed E-state index contributed by atoms with van der Waals surface area (Å²) >= 11 is 0. The molecule has 5 heteroatoms. The molecule has 1 aliphatic carbocycles. The van der Waals surface area contributed by atoms with Crippen LogP contribution in [0.15, 0.2) is 24.3 Å². The van der Waals surface area contributed by atoms with Crippen LogP contribution in [0, 0.1) is 5.92 Å². The number of benzene rings is 1. The number of nitrogens with one attached hydrogen (secondary N) is 1. The molecule has 0 radical (unpaired) electrons. The number of halogens is 3. The van der Waals surface area contributed by atoms with Crippen molar-refractivity contribution in [1.29, 1.82) is 0 Å². The third kappa shape index (κ3) is 2.86. The summed E-state index contributed by atoms with van der Waals surface area (Å²) in [6, 6.07) is 6.08. The molecule has 1 atom stereocenters. The number of nitrogens with zero attached hydrogens (tertiary/aromatic N) is 1. The Balaban J connectivity index is 1.77. The van der Waals surface area contributed by atoms with Crippen LogP contribution >= 0.6 is 0 Å². The maximum atomic E-state index is 12.7. The first-order chi connectivity index (χ1) is 9.04. The quantitative estimate of drug-likeness (QED) is 0.889. The van der Waals surface area contributed by atoms with Crippen LogP contribution in [0.2, 0.25) is 0 Å². The van der Waals surface area contributed by atoms with E-state index in [1.54, 1.807) is 6.07 Å². The first kappa shape index (κ1) is 12.8. The first-order valence-electron chi connectivity index (χ1n) is 6.69. The zero-order valence-electron chi connectivity index (χ0n) is 10.6. The van der Waals surface area contributed by atoms with Gasteiger partial charge in [-0.1, -0.05) is 6.07 Å². The van der Waals surface area contributed by atoms with Gasteiger partial charge in [0.05, 0.1) is 5.56 Å². The average molecular weight is 270 g/mol. The van der Waals surface area contributed by atoms with Crippen LogP contribution < -0.4 is 10.2 Å². The van der Waals surface area contributed by atoms with Crippen LogP contribution in [0.3, 0.4) is 0 Å². The van der Waals surface area contributed by atoms with Crippen LogP contribution in [0.25, 0.3) is 0 Å². The third-order valence-corrected chi connectivity index (χ3v) is 3.94. The lowest BCUT2D eigenvalue weighted by atomic mass is 10.1. The van der Waals surface area contributed by atoms with Gasteiger partial charge in [0.15, 0.2) is 0 Å². The summed E-state index contributed by atoms with van der Waals surface area (Å²) in [5.41, 5.74) is 0.119. The van der Waals surface area contributed by atoms with E-state index in [9.17, 15) is 13.2 Å². The van der Waals surface area contributed by atoms with E-state index in [0.29, 0.717) is 17.6 Å². The van der Waals surface area contributed by atoms with Gasteiger partial charge in [-0.2, -0.15) is 13.2 Å². The normalized spacial score (nSPS) is 24.6. The Morgan fingerprint density at radius 3 is 2.68 bits per heavy atom. The first-order valence-corrected chi connectivity index (χ1v) is 6.69. The van der Waals surface area contributed by atoms with Gasteiger partial charge >= 0.3 is 6.18 Å². The molecule has 1 aromatic rings. The molecule has 0 bridgehead atoms. The maximum absolute atomic E-state index is 12.7. The maximum Gasteiger partial charge on any atom is 0.416 e. The molecule has 2 nitrogen and oxygen atoms in total. The van der Waals surface area contributed by atoms with Crippen LogP contribution in [0.5, 0.6) is 0 Å². The molecule has 19 heavy (non-hydrogen) atoms. The van der Waals surface area contributed by atoms with E-state index in [1.807, 2.05) is 0 Å². The summed E-state index contributed by atoms with van der Waals surface area (Å²) in [7, 11) is 0. The number of rotatable bonds is 2. The molecule has 0 aromatic heterocycles. The van der Waals surface area contributed by atoms with Crippen molar-refractivity contribution in [2.75, 3.05) is 24.5 Å². The Bertz CT molecular complexity index is 454. The molecule has 1 aromatic carbocycles. The Morgan fingerprint density at radius 1 is 1.21 bits per heavy atom. The number of hydrogen-bond acceptors (Lipinski definition) is 2. The van der Waals surface area contributed by atoms with Crippen LogP contribution in [0.4, 0.5) is 18.9 Å². The van der Waals surface area contributed by atoms with Gasteiger partial charge in [0, 0.05) is 31.4 Å². The van der Waals surface area contributed by atoms with Crippen molar-refractivity contribution in [3.63, 3.8) is 0 Å². The van der Waals surface area contributed by atoms with Crippen molar-refractivity contribution in [3.05, 3.63) is 29.8 Å². The zero-order valence-corrected chi connectivity index (χ0v) is 10.6. The third-order valence-electron chi connectivity index (χ3n) is 3.94. The van der Waals surface area contributed by atoms with E-state index in [2.05, 4.69) is 10.2 Å². The van der Waals surface area contributed by atoms with E-state index in [1.165, 1.54) is 25.0 Å². The fourth-order valence-corrected chi connectivity index (χ4v) is 2.71. The predicted molar refractivity (Wildman–Crippen MR) is 68.2 cm³/mol. The standard InChI is InChI=1S/C14H17F3N2/c15-14(16,17)11-2-1-3-12(8-11)19-7-6-18-13(9-19)10-4-5-10/h1-3,8,10,13,18H,4-7,9H2. The lowest BCUT2D eigenvalue weighted by Gasteiger charge is -2.35. The van der Waals surface area contributed by atoms with Crippen LogP contribution in [-0.4, -0.2) is 25.7 Å². The molecule has 3 rings (SSSR count). The van der Waals surface area contributed by atoms with E-state index in [4.69, 9.17) is 0 Å². The van der Waals surface area contributed by atoms with Gasteiger partial charge in [-0.05, 0) is 37.0 Å². The second kappa shape index (κ2) is 4.71. The summed E-state index contributed by atoms with van der Waals surface area (Å²) in [6.45, 7) is 2.42. The molecule has 1 heterocycles. The molecule has 104 valence electrons. The minimum absolute atomic E-state index is 0.434. The van der Waals surface area contributed by atoms with Gasteiger partial charge in [-0.3, -0.25) is 0 Å². The molecule has 1 N–H and O–H groups in total. The number of alkyl halides is 3.